The van der Waals surface area contributed by atoms with Crippen LogP contribution in [0.3, 0.4) is 0 Å². The largest absolute Gasteiger partial charge is 0.289 e. The molecule has 0 aromatic carbocycles. The van der Waals surface area contributed by atoms with E-state index in [1.165, 1.54) is 0 Å². The monoisotopic (exact) mass is 173 g/mol. The molecule has 1 heterocycles. The molecule has 1 rings (SSSR count). The van der Waals surface area contributed by atoms with Crippen LogP contribution < -0.4 is 0 Å². The molecule has 0 amide bonds. The average molecular weight is 174 g/mol. The molecule has 0 spiro atoms. The average Bonchev–Trinajstić information content (AvgIpc) is 2.04. The second-order valence-corrected chi connectivity index (χ2v) is 2.97. The molecule has 2 nitrogen and oxygen atoms in total. The van der Waals surface area contributed by atoms with Crippen LogP contribution in [0.2, 0.25) is 0 Å². The molecule has 3 heteroatoms. The maximum atomic E-state index is 10.8. The molecular formula is C8H12ClNO. The third kappa shape index (κ3) is 2.04. The predicted octanol–water partition coefficient (Wildman–Crippen LogP) is 1.40. The molecule has 1 atom stereocenters. The van der Waals surface area contributed by atoms with Crippen LogP contribution in [-0.2, 0) is 4.79 Å². The minimum Gasteiger partial charge on any atom is -0.289 e. The van der Waals surface area contributed by atoms with Crippen molar-refractivity contribution in [2.24, 2.45) is 0 Å². The third-order valence-corrected chi connectivity index (χ3v) is 2.16. The Morgan fingerprint density at radius 1 is 1.82 bits per heavy atom. The zero-order chi connectivity index (χ0) is 8.27. The molecule has 0 N–H and O–H groups in total. The molecule has 0 aromatic rings. The minimum absolute atomic E-state index is 0.185. The molecule has 1 aliphatic heterocycles. The Balaban J connectivity index is 2.64. The van der Waals surface area contributed by atoms with E-state index in [-0.39, 0.29) is 11.3 Å². The van der Waals surface area contributed by atoms with Gasteiger partial charge in [0.1, 0.15) is 6.04 Å². The van der Waals surface area contributed by atoms with Crippen LogP contribution in [0, 0.1) is 0 Å². The van der Waals surface area contributed by atoms with Gasteiger partial charge < -0.3 is 0 Å². The number of nitrogens with zero attached hydrogens (tertiary/aromatic N) is 1. The quantitative estimate of drug-likeness (QED) is 0.465. The van der Waals surface area contributed by atoms with Crippen molar-refractivity contribution in [3.05, 3.63) is 12.2 Å². The Bertz CT molecular complexity index is 179. The standard InChI is InChI=1S/C8H12ClNO/c1-2-10-6-4-3-5-7(10)8(9)11/h3,5,7H,2,4,6H2,1H3. The van der Waals surface area contributed by atoms with Crippen molar-refractivity contribution in [2.75, 3.05) is 13.1 Å². The Hall–Kier alpha value is -0.340. The summed E-state index contributed by atoms with van der Waals surface area (Å²) in [7, 11) is 0. The lowest BCUT2D eigenvalue weighted by atomic mass is 10.1. The highest BCUT2D eigenvalue weighted by molar-refractivity contribution is 6.65. The second kappa shape index (κ2) is 3.88. The number of likely N-dealkylation sites (N-methyl/N-ethyl adjacent to an activating group) is 1. The number of rotatable bonds is 2. The van der Waals surface area contributed by atoms with Gasteiger partial charge in [0.25, 0.3) is 0 Å². The van der Waals surface area contributed by atoms with Crippen molar-refractivity contribution in [1.29, 1.82) is 0 Å². The molecule has 11 heavy (non-hydrogen) atoms. The van der Waals surface area contributed by atoms with E-state index in [0.29, 0.717) is 0 Å². The summed E-state index contributed by atoms with van der Waals surface area (Å²) in [6, 6.07) is -0.185. The smallest absolute Gasteiger partial charge is 0.242 e. The number of hydrogen-bond donors (Lipinski definition) is 0. The Labute approximate surface area is 71.8 Å². The second-order valence-electron chi connectivity index (χ2n) is 2.59. The molecule has 0 radical (unpaired) electrons. The van der Waals surface area contributed by atoms with Gasteiger partial charge in [0.05, 0.1) is 0 Å². The van der Waals surface area contributed by atoms with Gasteiger partial charge in [-0.15, -0.1) is 0 Å². The highest BCUT2D eigenvalue weighted by Gasteiger charge is 2.21. The first-order valence-electron chi connectivity index (χ1n) is 3.85. The van der Waals surface area contributed by atoms with Crippen molar-refractivity contribution in [3.63, 3.8) is 0 Å². The summed E-state index contributed by atoms with van der Waals surface area (Å²) in [6.45, 7) is 3.86. The fourth-order valence-corrected chi connectivity index (χ4v) is 1.51. The van der Waals surface area contributed by atoms with Gasteiger partial charge in [0.15, 0.2) is 0 Å². The van der Waals surface area contributed by atoms with Crippen LogP contribution in [-0.4, -0.2) is 29.3 Å². The lowest BCUT2D eigenvalue weighted by Gasteiger charge is -2.27. The van der Waals surface area contributed by atoms with Crippen molar-refractivity contribution >= 4 is 16.8 Å². The normalized spacial score (nSPS) is 25.5. The van der Waals surface area contributed by atoms with Crippen LogP contribution in [0.5, 0.6) is 0 Å². The zero-order valence-corrected chi connectivity index (χ0v) is 7.34. The minimum atomic E-state index is -0.275. The van der Waals surface area contributed by atoms with Gasteiger partial charge in [-0.1, -0.05) is 19.1 Å². The summed E-state index contributed by atoms with van der Waals surface area (Å²) in [5.74, 6) is 0. The van der Waals surface area contributed by atoms with Gasteiger partial charge >= 0.3 is 0 Å². The number of carbonyl (C=O) groups excluding carboxylic acids is 1. The Kier molecular flexibility index (Phi) is 3.09. The van der Waals surface area contributed by atoms with E-state index in [4.69, 9.17) is 11.6 Å². The summed E-state index contributed by atoms with van der Waals surface area (Å²) >= 11 is 5.40. The van der Waals surface area contributed by atoms with Crippen LogP contribution in [0.15, 0.2) is 12.2 Å². The molecule has 0 saturated carbocycles. The molecule has 0 saturated heterocycles. The summed E-state index contributed by atoms with van der Waals surface area (Å²) in [5.41, 5.74) is 0. The molecule has 0 aliphatic carbocycles. The summed E-state index contributed by atoms with van der Waals surface area (Å²) in [4.78, 5) is 12.9. The van der Waals surface area contributed by atoms with E-state index >= 15 is 0 Å². The van der Waals surface area contributed by atoms with Crippen molar-refractivity contribution < 1.29 is 4.79 Å². The number of halogens is 1. The highest BCUT2D eigenvalue weighted by atomic mass is 35.5. The SMILES string of the molecule is CCN1CCC=CC1C(=O)Cl. The van der Waals surface area contributed by atoms with Crippen molar-refractivity contribution in [1.82, 2.24) is 4.90 Å². The molecule has 0 aromatic heterocycles. The molecule has 0 fully saturated rings. The van der Waals surface area contributed by atoms with Crippen molar-refractivity contribution in [3.8, 4) is 0 Å². The van der Waals surface area contributed by atoms with Gasteiger partial charge in [-0.3, -0.25) is 9.69 Å². The molecule has 1 aliphatic rings. The predicted molar refractivity (Wildman–Crippen MR) is 45.7 cm³/mol. The summed E-state index contributed by atoms with van der Waals surface area (Å²) in [5, 5.41) is -0.275. The third-order valence-electron chi connectivity index (χ3n) is 1.93. The summed E-state index contributed by atoms with van der Waals surface area (Å²) in [6.07, 6.45) is 4.91. The first-order chi connectivity index (χ1) is 5.25. The van der Waals surface area contributed by atoms with Gasteiger partial charge in [0, 0.05) is 6.54 Å². The summed E-state index contributed by atoms with van der Waals surface area (Å²) < 4.78 is 0. The number of carbonyl (C=O) groups is 1. The fraction of sp³-hybridized carbons (Fsp3) is 0.625. The molecular weight excluding hydrogens is 162 g/mol. The first kappa shape index (κ1) is 8.75. The van der Waals surface area contributed by atoms with E-state index in [2.05, 4.69) is 4.90 Å². The first-order valence-corrected chi connectivity index (χ1v) is 4.23. The fourth-order valence-electron chi connectivity index (χ4n) is 1.30. The van der Waals surface area contributed by atoms with Gasteiger partial charge in [0.2, 0.25) is 5.24 Å². The van der Waals surface area contributed by atoms with E-state index in [0.717, 1.165) is 19.5 Å². The zero-order valence-electron chi connectivity index (χ0n) is 6.59. The number of hydrogen-bond acceptors (Lipinski definition) is 2. The van der Waals surface area contributed by atoms with Gasteiger partial charge in [-0.25, -0.2) is 0 Å². The molecule has 1 unspecified atom stereocenters. The van der Waals surface area contributed by atoms with Crippen LogP contribution in [0.4, 0.5) is 0 Å². The van der Waals surface area contributed by atoms with E-state index in [1.54, 1.807) is 0 Å². The van der Waals surface area contributed by atoms with E-state index < -0.39 is 0 Å². The van der Waals surface area contributed by atoms with Gasteiger partial charge in [-0.2, -0.15) is 0 Å². The maximum absolute atomic E-state index is 10.8. The topological polar surface area (TPSA) is 20.3 Å². The Morgan fingerprint density at radius 2 is 2.55 bits per heavy atom. The van der Waals surface area contributed by atoms with Gasteiger partial charge in [-0.05, 0) is 24.6 Å². The molecule has 0 bridgehead atoms. The lowest BCUT2D eigenvalue weighted by molar-refractivity contribution is -0.115. The highest BCUT2D eigenvalue weighted by Crippen LogP contribution is 2.11. The van der Waals surface area contributed by atoms with Crippen molar-refractivity contribution in [2.45, 2.75) is 19.4 Å². The van der Waals surface area contributed by atoms with Crippen LogP contribution in [0.25, 0.3) is 0 Å². The van der Waals surface area contributed by atoms with E-state index in [9.17, 15) is 4.79 Å². The lowest BCUT2D eigenvalue weighted by Crippen LogP contribution is -2.40. The molecule has 62 valence electrons. The van der Waals surface area contributed by atoms with Crippen LogP contribution in [0.1, 0.15) is 13.3 Å². The van der Waals surface area contributed by atoms with E-state index in [1.807, 2.05) is 19.1 Å². The van der Waals surface area contributed by atoms with Crippen LogP contribution >= 0.6 is 11.6 Å². The maximum Gasteiger partial charge on any atom is 0.242 e. The Morgan fingerprint density at radius 3 is 3.00 bits per heavy atom.